The molecule has 0 amide bonds. The van der Waals surface area contributed by atoms with Crippen LogP contribution in [0.2, 0.25) is 0 Å². The topological polar surface area (TPSA) is 52.6 Å². The molecular weight excluding hydrogens is 448 g/mol. The van der Waals surface area contributed by atoms with Crippen LogP contribution < -0.4 is 0 Å². The highest BCUT2D eigenvalue weighted by Gasteiger charge is 2.75. The Morgan fingerprint density at radius 2 is 1.83 bits per heavy atom. The highest BCUT2D eigenvalue weighted by Crippen LogP contribution is 2.71. The van der Waals surface area contributed by atoms with Crippen molar-refractivity contribution in [2.45, 2.75) is 83.7 Å². The van der Waals surface area contributed by atoms with Crippen LogP contribution in [0.1, 0.15) is 71.8 Å². The first kappa shape index (κ1) is 24.1. The van der Waals surface area contributed by atoms with E-state index in [-0.39, 0.29) is 28.5 Å². The van der Waals surface area contributed by atoms with E-state index in [9.17, 15) is 9.59 Å². The van der Waals surface area contributed by atoms with Crippen LogP contribution >= 0.6 is 0 Å². The number of benzene rings is 1. The van der Waals surface area contributed by atoms with Crippen molar-refractivity contribution in [3.63, 3.8) is 0 Å². The van der Waals surface area contributed by atoms with Gasteiger partial charge in [-0.3, -0.25) is 9.59 Å². The van der Waals surface area contributed by atoms with E-state index in [0.717, 1.165) is 43.2 Å². The van der Waals surface area contributed by atoms with Crippen molar-refractivity contribution in [3.8, 4) is 0 Å². The molecule has 0 aromatic heterocycles. The minimum Gasteiger partial charge on any atom is -0.344 e. The smallest absolute Gasteiger partial charge is 0.190 e. The van der Waals surface area contributed by atoms with Gasteiger partial charge in [0.05, 0.1) is 6.10 Å². The van der Waals surface area contributed by atoms with Crippen molar-refractivity contribution in [3.05, 3.63) is 65.8 Å². The minimum atomic E-state index is -0.988. The molecule has 190 valence electrons. The second-order valence-electron chi connectivity index (χ2n) is 12.8. The summed E-state index contributed by atoms with van der Waals surface area (Å²) in [7, 11) is 0. The summed E-state index contributed by atoms with van der Waals surface area (Å²) in [6, 6.07) is 9.96. The van der Waals surface area contributed by atoms with Crippen LogP contribution in [-0.4, -0.2) is 29.1 Å². The Labute approximate surface area is 214 Å². The molecule has 6 rings (SSSR count). The number of allylic oxidation sites excluding steroid dienone is 2. The van der Waals surface area contributed by atoms with Crippen LogP contribution in [0.15, 0.2) is 60.2 Å². The molecule has 1 heterocycles. The van der Waals surface area contributed by atoms with Crippen molar-refractivity contribution >= 4 is 17.6 Å². The summed E-state index contributed by atoms with van der Waals surface area (Å²) in [6.45, 7) is 13.0. The number of hydrogen-bond donors (Lipinski definition) is 0. The zero-order valence-corrected chi connectivity index (χ0v) is 22.0. The maximum Gasteiger partial charge on any atom is 0.190 e. The van der Waals surface area contributed by atoms with E-state index in [0.29, 0.717) is 24.2 Å². The molecule has 1 aromatic carbocycles. The van der Waals surface area contributed by atoms with Gasteiger partial charge in [0, 0.05) is 11.8 Å². The van der Waals surface area contributed by atoms with Gasteiger partial charge in [-0.15, -0.1) is 0 Å². The second-order valence-corrected chi connectivity index (χ2v) is 12.8. The Hall–Kier alpha value is -2.30. The van der Waals surface area contributed by atoms with Crippen molar-refractivity contribution in [2.24, 2.45) is 28.6 Å². The lowest BCUT2D eigenvalue weighted by Gasteiger charge is -2.59. The van der Waals surface area contributed by atoms with Crippen LogP contribution in [0.4, 0.5) is 0 Å². The first-order valence-corrected chi connectivity index (χ1v) is 13.6. The van der Waals surface area contributed by atoms with E-state index in [4.69, 9.17) is 9.47 Å². The largest absolute Gasteiger partial charge is 0.344 e. The van der Waals surface area contributed by atoms with Crippen molar-refractivity contribution < 1.29 is 19.1 Å². The zero-order chi connectivity index (χ0) is 25.5. The lowest BCUT2D eigenvalue weighted by Crippen LogP contribution is -2.60. The summed E-state index contributed by atoms with van der Waals surface area (Å²) in [5, 5.41) is 0. The monoisotopic (exact) mass is 486 g/mol. The SMILES string of the molecule is C=C1CC2C(CCC3(C)C2CC2OC(C)(C)OC23C(=O)C=Cc2ccccc2)C2(C)CCC(=O)C=C12. The Balaban J connectivity index is 1.39. The summed E-state index contributed by atoms with van der Waals surface area (Å²) < 4.78 is 13.2. The van der Waals surface area contributed by atoms with Crippen molar-refractivity contribution in [1.82, 2.24) is 0 Å². The van der Waals surface area contributed by atoms with E-state index in [1.807, 2.05) is 56.3 Å². The molecule has 5 aliphatic rings. The van der Waals surface area contributed by atoms with Gasteiger partial charge in [0.1, 0.15) is 0 Å². The van der Waals surface area contributed by atoms with E-state index in [2.05, 4.69) is 20.4 Å². The molecule has 36 heavy (non-hydrogen) atoms. The van der Waals surface area contributed by atoms with Crippen LogP contribution in [0.3, 0.4) is 0 Å². The maximum atomic E-state index is 14.2. The number of carbonyl (C=O) groups is 2. The van der Waals surface area contributed by atoms with Crippen LogP contribution in [0.5, 0.6) is 0 Å². The fourth-order valence-corrected chi connectivity index (χ4v) is 8.96. The van der Waals surface area contributed by atoms with Gasteiger partial charge in [-0.25, -0.2) is 0 Å². The normalized spacial score (nSPS) is 42.9. The van der Waals surface area contributed by atoms with Crippen LogP contribution in [0.25, 0.3) is 6.08 Å². The van der Waals surface area contributed by atoms with Crippen molar-refractivity contribution in [1.29, 1.82) is 0 Å². The van der Waals surface area contributed by atoms with E-state index >= 15 is 0 Å². The van der Waals surface area contributed by atoms with Crippen molar-refractivity contribution in [2.75, 3.05) is 0 Å². The molecule has 0 N–H and O–H groups in total. The number of rotatable bonds is 3. The second kappa shape index (κ2) is 7.85. The number of hydrogen-bond acceptors (Lipinski definition) is 4. The molecule has 7 atom stereocenters. The molecule has 3 saturated carbocycles. The maximum absolute atomic E-state index is 14.2. The van der Waals surface area contributed by atoms with Gasteiger partial charge in [0.2, 0.25) is 0 Å². The Bertz CT molecular complexity index is 1190. The summed E-state index contributed by atoms with van der Waals surface area (Å²) in [4.78, 5) is 26.4. The fraction of sp³-hybridized carbons (Fsp3) is 0.562. The standard InChI is InChI=1S/C32H38O4/c1-20-17-23-24(30(4)15-13-22(33)18-25(20)30)14-16-31(5)26(23)19-28-32(31,36-29(2,3)35-28)27(34)12-11-21-9-7-6-8-10-21/h6-12,18,23-24,26,28H,1,13-17,19H2,2-5H3. The number of ether oxygens (including phenoxy) is 2. The van der Waals surface area contributed by atoms with E-state index < -0.39 is 11.4 Å². The zero-order valence-electron chi connectivity index (χ0n) is 22.0. The van der Waals surface area contributed by atoms with Gasteiger partial charge in [0.25, 0.3) is 0 Å². The van der Waals surface area contributed by atoms with Gasteiger partial charge in [-0.2, -0.15) is 0 Å². The molecule has 0 bridgehead atoms. The average molecular weight is 487 g/mol. The number of fused-ring (bicyclic) bond motifs is 7. The van der Waals surface area contributed by atoms with Gasteiger partial charge in [-0.1, -0.05) is 62.4 Å². The fourth-order valence-electron chi connectivity index (χ4n) is 8.96. The molecule has 0 spiro atoms. The Morgan fingerprint density at radius 3 is 2.58 bits per heavy atom. The molecular formula is C32H38O4. The summed E-state index contributed by atoms with van der Waals surface area (Å²) in [5.41, 5.74) is 1.97. The molecule has 7 unspecified atom stereocenters. The summed E-state index contributed by atoms with van der Waals surface area (Å²) in [5.74, 6) is 0.661. The number of carbonyl (C=O) groups excluding carboxylic acids is 2. The predicted molar refractivity (Wildman–Crippen MR) is 140 cm³/mol. The molecule has 1 aliphatic heterocycles. The average Bonchev–Trinajstić information content (AvgIpc) is 3.25. The molecule has 4 heteroatoms. The lowest BCUT2D eigenvalue weighted by molar-refractivity contribution is -0.212. The number of ketones is 2. The highest BCUT2D eigenvalue weighted by molar-refractivity contribution is 6.02. The third kappa shape index (κ3) is 3.20. The summed E-state index contributed by atoms with van der Waals surface area (Å²) in [6.07, 6.45) is 10.4. The Kier molecular flexibility index (Phi) is 5.25. The van der Waals surface area contributed by atoms with Gasteiger partial charge >= 0.3 is 0 Å². The third-order valence-electron chi connectivity index (χ3n) is 10.5. The molecule has 1 aromatic rings. The van der Waals surface area contributed by atoms with Gasteiger partial charge in [0.15, 0.2) is 23.0 Å². The first-order valence-electron chi connectivity index (χ1n) is 13.6. The highest BCUT2D eigenvalue weighted by atomic mass is 16.8. The molecule has 1 saturated heterocycles. The first-order chi connectivity index (χ1) is 17.0. The van der Waals surface area contributed by atoms with Crippen LogP contribution in [0, 0.1) is 28.6 Å². The quantitative estimate of drug-likeness (QED) is 0.460. The molecule has 4 fully saturated rings. The summed E-state index contributed by atoms with van der Waals surface area (Å²) >= 11 is 0. The third-order valence-corrected chi connectivity index (χ3v) is 10.5. The molecule has 4 aliphatic carbocycles. The molecule has 4 nitrogen and oxygen atoms in total. The Morgan fingerprint density at radius 1 is 1.08 bits per heavy atom. The predicted octanol–water partition coefficient (Wildman–Crippen LogP) is 6.47. The van der Waals surface area contributed by atoms with Gasteiger partial charge < -0.3 is 9.47 Å². The lowest BCUT2D eigenvalue weighted by atomic mass is 9.45. The van der Waals surface area contributed by atoms with Gasteiger partial charge in [-0.05, 0) is 92.4 Å². The van der Waals surface area contributed by atoms with E-state index in [1.54, 1.807) is 6.08 Å². The minimum absolute atomic E-state index is 0.0156. The van der Waals surface area contributed by atoms with Crippen LogP contribution in [-0.2, 0) is 19.1 Å². The molecule has 0 radical (unpaired) electrons. The van der Waals surface area contributed by atoms with E-state index in [1.165, 1.54) is 5.57 Å².